The van der Waals surface area contributed by atoms with E-state index in [2.05, 4.69) is 5.32 Å². The Hall–Kier alpha value is -2.78. The number of amides is 1. The van der Waals surface area contributed by atoms with E-state index in [0.29, 0.717) is 32.5 Å². The Labute approximate surface area is 210 Å². The van der Waals surface area contributed by atoms with E-state index in [1.54, 1.807) is 0 Å². The number of alkyl halides is 3. The molecule has 196 valence electrons. The van der Waals surface area contributed by atoms with Gasteiger partial charge in [0, 0.05) is 42.7 Å². The van der Waals surface area contributed by atoms with Crippen molar-refractivity contribution >= 4 is 23.0 Å². The quantitative estimate of drug-likeness (QED) is 0.365. The molecule has 9 heteroatoms. The molecule has 0 spiro atoms. The minimum Gasteiger partial charge on any atom is -0.376 e. The average molecular weight is 506 g/mol. The summed E-state index contributed by atoms with van der Waals surface area (Å²) in [7, 11) is 0. The van der Waals surface area contributed by atoms with Gasteiger partial charge in [0.1, 0.15) is 0 Å². The lowest BCUT2D eigenvalue weighted by Crippen LogP contribution is -2.42. The molecule has 2 saturated heterocycles. The third kappa shape index (κ3) is 6.70. The van der Waals surface area contributed by atoms with Gasteiger partial charge in [0.05, 0.1) is 18.1 Å². The van der Waals surface area contributed by atoms with Gasteiger partial charge in [-0.25, -0.2) is 5.06 Å². The zero-order chi connectivity index (χ0) is 25.9. The average Bonchev–Trinajstić information content (AvgIpc) is 2.84. The molecule has 2 aliphatic heterocycles. The SMILES string of the molecule is CC1(C)CC(C(=O)N(O)Cc2ccc(Nc3ccc(N4CCC(C(F)(F)F)CC4)cc3)cc2)CCO1. The molecule has 36 heavy (non-hydrogen) atoms. The number of nitrogens with zero attached hydrogens (tertiary/aromatic N) is 2. The van der Waals surface area contributed by atoms with Crippen LogP contribution in [0.5, 0.6) is 0 Å². The van der Waals surface area contributed by atoms with E-state index >= 15 is 0 Å². The number of hydroxylamine groups is 2. The van der Waals surface area contributed by atoms with Crippen LogP contribution in [0.3, 0.4) is 0 Å². The minimum atomic E-state index is -4.11. The molecule has 2 N–H and O–H groups in total. The maximum atomic E-state index is 12.9. The summed E-state index contributed by atoms with van der Waals surface area (Å²) in [5, 5.41) is 14.5. The smallest absolute Gasteiger partial charge is 0.376 e. The molecule has 2 aromatic carbocycles. The van der Waals surface area contributed by atoms with Crippen LogP contribution in [-0.2, 0) is 16.1 Å². The lowest BCUT2D eigenvalue weighted by Gasteiger charge is -2.35. The fraction of sp³-hybridized carbons (Fsp3) is 0.519. The van der Waals surface area contributed by atoms with Crippen molar-refractivity contribution in [2.45, 2.75) is 57.9 Å². The Morgan fingerprint density at radius 3 is 2.19 bits per heavy atom. The van der Waals surface area contributed by atoms with Crippen LogP contribution in [0.1, 0.15) is 45.1 Å². The van der Waals surface area contributed by atoms with Gasteiger partial charge in [0.15, 0.2) is 0 Å². The van der Waals surface area contributed by atoms with Crippen LogP contribution in [0, 0.1) is 11.8 Å². The molecule has 4 rings (SSSR count). The molecule has 0 aliphatic carbocycles. The maximum absolute atomic E-state index is 12.9. The number of carbonyl (C=O) groups is 1. The van der Waals surface area contributed by atoms with E-state index in [1.807, 2.05) is 67.3 Å². The molecule has 0 radical (unpaired) electrons. The highest BCUT2D eigenvalue weighted by atomic mass is 19.4. The number of carbonyl (C=O) groups excluding carboxylic acids is 1. The first-order valence-corrected chi connectivity index (χ1v) is 12.4. The summed E-state index contributed by atoms with van der Waals surface area (Å²) in [6.07, 6.45) is -2.68. The van der Waals surface area contributed by atoms with Crippen LogP contribution in [-0.4, -0.2) is 47.7 Å². The summed E-state index contributed by atoms with van der Waals surface area (Å²) in [6, 6.07) is 15.1. The largest absolute Gasteiger partial charge is 0.391 e. The fourth-order valence-electron chi connectivity index (χ4n) is 4.98. The van der Waals surface area contributed by atoms with Crippen LogP contribution in [0.2, 0.25) is 0 Å². The van der Waals surface area contributed by atoms with Gasteiger partial charge >= 0.3 is 6.18 Å². The molecule has 0 aromatic heterocycles. The molecule has 0 saturated carbocycles. The summed E-state index contributed by atoms with van der Waals surface area (Å²) in [5.41, 5.74) is 3.06. The van der Waals surface area contributed by atoms with Crippen molar-refractivity contribution in [3.8, 4) is 0 Å². The number of nitrogens with one attached hydrogen (secondary N) is 1. The number of ether oxygens (including phenoxy) is 1. The predicted octanol–water partition coefficient (Wildman–Crippen LogP) is 6.13. The summed E-state index contributed by atoms with van der Waals surface area (Å²) >= 11 is 0. The van der Waals surface area contributed by atoms with Gasteiger partial charge in [0.25, 0.3) is 0 Å². The predicted molar refractivity (Wildman–Crippen MR) is 132 cm³/mol. The molecule has 0 bridgehead atoms. The van der Waals surface area contributed by atoms with E-state index in [0.717, 1.165) is 27.7 Å². The second-order valence-corrected chi connectivity index (χ2v) is 10.4. The third-order valence-electron chi connectivity index (χ3n) is 7.07. The monoisotopic (exact) mass is 505 g/mol. The highest BCUT2D eigenvalue weighted by Gasteiger charge is 2.41. The minimum absolute atomic E-state index is 0.108. The topological polar surface area (TPSA) is 65.0 Å². The van der Waals surface area contributed by atoms with Crippen molar-refractivity contribution in [3.63, 3.8) is 0 Å². The normalized spacial score (nSPS) is 20.7. The second-order valence-electron chi connectivity index (χ2n) is 10.4. The summed E-state index contributed by atoms with van der Waals surface area (Å²) in [4.78, 5) is 14.6. The lowest BCUT2D eigenvalue weighted by atomic mass is 9.87. The number of hydrogen-bond acceptors (Lipinski definition) is 5. The third-order valence-corrected chi connectivity index (χ3v) is 7.07. The molecule has 1 atom stereocenters. The fourth-order valence-corrected chi connectivity index (χ4v) is 4.98. The highest BCUT2D eigenvalue weighted by molar-refractivity contribution is 5.78. The van der Waals surface area contributed by atoms with Crippen molar-refractivity contribution in [1.29, 1.82) is 0 Å². The standard InChI is InChI=1S/C27H34F3N3O3/c1-26(2)17-20(13-16-36-26)25(34)33(35)18-19-3-5-22(6-4-19)31-23-7-9-24(10-8-23)32-14-11-21(12-15-32)27(28,29)30/h3-10,20-21,31,35H,11-18H2,1-2H3. The van der Waals surface area contributed by atoms with Crippen molar-refractivity contribution in [1.82, 2.24) is 5.06 Å². The van der Waals surface area contributed by atoms with E-state index in [4.69, 9.17) is 4.74 Å². The Bertz CT molecular complexity index is 1020. The number of benzene rings is 2. The Morgan fingerprint density at radius 2 is 1.64 bits per heavy atom. The van der Waals surface area contributed by atoms with Gasteiger partial charge in [0.2, 0.25) is 5.91 Å². The zero-order valence-corrected chi connectivity index (χ0v) is 20.7. The maximum Gasteiger partial charge on any atom is 0.391 e. The molecule has 2 fully saturated rings. The molecule has 1 amide bonds. The summed E-state index contributed by atoms with van der Waals surface area (Å²) in [6.45, 7) is 5.32. The van der Waals surface area contributed by atoms with Crippen molar-refractivity contribution in [3.05, 3.63) is 54.1 Å². The van der Waals surface area contributed by atoms with E-state index in [-0.39, 0.29) is 36.8 Å². The number of anilines is 3. The van der Waals surface area contributed by atoms with E-state index in [1.165, 1.54) is 0 Å². The molecule has 1 unspecified atom stereocenters. The summed E-state index contributed by atoms with van der Waals surface area (Å²) in [5.74, 6) is -1.74. The van der Waals surface area contributed by atoms with E-state index in [9.17, 15) is 23.2 Å². The van der Waals surface area contributed by atoms with Gasteiger partial charge in [-0.15, -0.1) is 0 Å². The molecule has 2 heterocycles. The molecule has 2 aromatic rings. The van der Waals surface area contributed by atoms with Gasteiger partial charge in [-0.05, 0) is 81.5 Å². The van der Waals surface area contributed by atoms with E-state index < -0.39 is 12.1 Å². The number of halogens is 3. The van der Waals surface area contributed by atoms with Gasteiger partial charge in [-0.2, -0.15) is 13.2 Å². The lowest BCUT2D eigenvalue weighted by molar-refractivity contribution is -0.180. The van der Waals surface area contributed by atoms with Crippen molar-refractivity contribution in [2.75, 3.05) is 29.9 Å². The molecular formula is C27H34F3N3O3. The molecular weight excluding hydrogens is 471 g/mol. The zero-order valence-electron chi connectivity index (χ0n) is 20.7. The number of rotatable bonds is 6. The van der Waals surface area contributed by atoms with Crippen molar-refractivity contribution < 1.29 is 27.9 Å². The van der Waals surface area contributed by atoms with Gasteiger partial charge in [-0.3, -0.25) is 10.0 Å². The Balaban J connectivity index is 1.28. The Morgan fingerprint density at radius 1 is 1.06 bits per heavy atom. The van der Waals surface area contributed by atoms with Crippen molar-refractivity contribution in [2.24, 2.45) is 11.8 Å². The highest BCUT2D eigenvalue weighted by Crippen LogP contribution is 2.35. The van der Waals surface area contributed by atoms with Crippen LogP contribution < -0.4 is 10.2 Å². The first kappa shape index (κ1) is 26.3. The number of hydrogen-bond donors (Lipinski definition) is 2. The van der Waals surface area contributed by atoms with Crippen LogP contribution in [0.25, 0.3) is 0 Å². The van der Waals surface area contributed by atoms with Crippen LogP contribution in [0.4, 0.5) is 30.2 Å². The van der Waals surface area contributed by atoms with Gasteiger partial charge < -0.3 is 15.0 Å². The molecule has 2 aliphatic rings. The first-order chi connectivity index (χ1) is 17.0. The summed E-state index contributed by atoms with van der Waals surface area (Å²) < 4.78 is 44.3. The Kier molecular flexibility index (Phi) is 7.80. The van der Waals surface area contributed by atoms with Crippen LogP contribution >= 0.6 is 0 Å². The second kappa shape index (κ2) is 10.7. The molecule has 6 nitrogen and oxygen atoms in total. The van der Waals surface area contributed by atoms with Gasteiger partial charge in [-0.1, -0.05) is 12.1 Å². The van der Waals surface area contributed by atoms with Crippen LogP contribution in [0.15, 0.2) is 48.5 Å². The first-order valence-electron chi connectivity index (χ1n) is 12.4. The number of piperidine rings is 1.